The molecule has 140 valence electrons. The lowest BCUT2D eigenvalue weighted by Gasteiger charge is -2.35. The molecule has 0 radical (unpaired) electrons. The Balaban J connectivity index is 1.60. The Bertz CT molecular complexity index is 729. The van der Waals surface area contributed by atoms with Crippen LogP contribution in [0.2, 0.25) is 0 Å². The zero-order valence-electron chi connectivity index (χ0n) is 15.5. The molecule has 1 unspecified atom stereocenters. The number of carbonyl (C=O) groups is 1. The fourth-order valence-electron chi connectivity index (χ4n) is 3.49. The molecule has 1 fully saturated rings. The predicted octanol–water partition coefficient (Wildman–Crippen LogP) is 4.08. The van der Waals surface area contributed by atoms with E-state index in [0.29, 0.717) is 18.3 Å². The quantitative estimate of drug-likeness (QED) is 0.742. The van der Waals surface area contributed by atoms with Gasteiger partial charge in [-0.15, -0.1) is 0 Å². The zero-order valence-corrected chi connectivity index (χ0v) is 17.1. The molecule has 2 N–H and O–H groups in total. The van der Waals surface area contributed by atoms with Crippen LogP contribution in [0.25, 0.3) is 0 Å². The van der Waals surface area contributed by atoms with Crippen molar-refractivity contribution in [2.24, 2.45) is 0 Å². The summed E-state index contributed by atoms with van der Waals surface area (Å²) < 4.78 is 0.773. The number of rotatable bonds is 6. The van der Waals surface area contributed by atoms with Crippen molar-refractivity contribution in [2.45, 2.75) is 51.6 Å². The Morgan fingerprint density at radius 3 is 2.81 bits per heavy atom. The summed E-state index contributed by atoms with van der Waals surface area (Å²) in [4.78, 5) is 15.1. The van der Waals surface area contributed by atoms with Gasteiger partial charge in [0, 0.05) is 19.1 Å². The fraction of sp³-hybridized carbons (Fsp3) is 0.500. The van der Waals surface area contributed by atoms with Gasteiger partial charge in [-0.05, 0) is 46.8 Å². The first-order chi connectivity index (χ1) is 12.6. The third-order valence-electron chi connectivity index (χ3n) is 5.00. The number of nitrogens with one attached hydrogen (secondary N) is 2. The van der Waals surface area contributed by atoms with Gasteiger partial charge in [0.1, 0.15) is 0 Å². The number of amides is 1. The van der Waals surface area contributed by atoms with Crippen molar-refractivity contribution in [3.05, 3.63) is 51.8 Å². The van der Waals surface area contributed by atoms with E-state index in [1.165, 1.54) is 18.4 Å². The van der Waals surface area contributed by atoms with Gasteiger partial charge in [0.2, 0.25) is 0 Å². The predicted molar refractivity (Wildman–Crippen MR) is 107 cm³/mol. The van der Waals surface area contributed by atoms with E-state index in [4.69, 9.17) is 0 Å². The Morgan fingerprint density at radius 1 is 1.35 bits per heavy atom. The number of likely N-dealkylation sites (tertiary alicyclic amines) is 1. The number of hydrogen-bond acceptors (Lipinski definition) is 3. The molecule has 0 bridgehead atoms. The SMILES string of the molecule is CC(C)c1[nH]nc(C(=O)NCC2CCCCN2Cc2ccccc2)c1Br. The lowest BCUT2D eigenvalue weighted by Crippen LogP contribution is -2.46. The van der Waals surface area contributed by atoms with Crippen molar-refractivity contribution < 1.29 is 4.79 Å². The summed E-state index contributed by atoms with van der Waals surface area (Å²) in [6.45, 7) is 6.82. The number of halogens is 1. The lowest BCUT2D eigenvalue weighted by atomic mass is 10.0. The van der Waals surface area contributed by atoms with Gasteiger partial charge in [-0.1, -0.05) is 50.6 Å². The number of H-pyrrole nitrogens is 1. The maximum absolute atomic E-state index is 12.6. The van der Waals surface area contributed by atoms with Crippen LogP contribution < -0.4 is 5.32 Å². The smallest absolute Gasteiger partial charge is 0.273 e. The highest BCUT2D eigenvalue weighted by molar-refractivity contribution is 9.10. The van der Waals surface area contributed by atoms with Gasteiger partial charge < -0.3 is 5.32 Å². The second-order valence-electron chi connectivity index (χ2n) is 7.27. The summed E-state index contributed by atoms with van der Waals surface area (Å²) >= 11 is 3.51. The van der Waals surface area contributed by atoms with Gasteiger partial charge in [-0.25, -0.2) is 0 Å². The second-order valence-corrected chi connectivity index (χ2v) is 8.06. The standard InChI is InChI=1S/C20H27BrN4O/c1-14(2)18-17(21)19(24-23-18)20(26)22-12-16-10-6-7-11-25(16)13-15-8-4-3-5-9-15/h3-5,8-9,14,16H,6-7,10-13H2,1-2H3,(H,22,26)(H,23,24). The van der Waals surface area contributed by atoms with E-state index in [9.17, 15) is 4.79 Å². The molecule has 1 amide bonds. The molecular weight excluding hydrogens is 392 g/mol. The van der Waals surface area contributed by atoms with E-state index in [0.717, 1.165) is 29.7 Å². The molecule has 1 aromatic heterocycles. The molecule has 2 heterocycles. The molecule has 3 rings (SSSR count). The van der Waals surface area contributed by atoms with Crippen molar-refractivity contribution in [1.82, 2.24) is 20.4 Å². The molecule has 5 nitrogen and oxygen atoms in total. The summed E-state index contributed by atoms with van der Waals surface area (Å²) in [7, 11) is 0. The van der Waals surface area contributed by atoms with Crippen molar-refractivity contribution in [3.8, 4) is 0 Å². The molecule has 0 aliphatic carbocycles. The van der Waals surface area contributed by atoms with E-state index in [-0.39, 0.29) is 11.8 Å². The number of hydrogen-bond donors (Lipinski definition) is 2. The van der Waals surface area contributed by atoms with Crippen LogP contribution in [0.5, 0.6) is 0 Å². The first-order valence-electron chi connectivity index (χ1n) is 9.36. The van der Waals surface area contributed by atoms with Gasteiger partial charge in [-0.2, -0.15) is 5.10 Å². The third kappa shape index (κ3) is 4.54. The number of piperidine rings is 1. The summed E-state index contributed by atoms with van der Waals surface area (Å²) in [5, 5.41) is 10.2. The molecule has 0 saturated carbocycles. The van der Waals surface area contributed by atoms with E-state index >= 15 is 0 Å². The number of aromatic amines is 1. The highest BCUT2D eigenvalue weighted by Crippen LogP contribution is 2.25. The number of carbonyl (C=O) groups excluding carboxylic acids is 1. The van der Waals surface area contributed by atoms with Crippen LogP contribution in [-0.4, -0.2) is 40.1 Å². The highest BCUT2D eigenvalue weighted by atomic mass is 79.9. The number of aromatic nitrogens is 2. The van der Waals surface area contributed by atoms with Crippen LogP contribution in [0.15, 0.2) is 34.8 Å². The van der Waals surface area contributed by atoms with Crippen LogP contribution in [0.4, 0.5) is 0 Å². The summed E-state index contributed by atoms with van der Waals surface area (Å²) in [6, 6.07) is 10.9. The van der Waals surface area contributed by atoms with Gasteiger partial charge in [0.15, 0.2) is 5.69 Å². The molecule has 1 aliphatic rings. The lowest BCUT2D eigenvalue weighted by molar-refractivity contribution is 0.0902. The molecular formula is C20H27BrN4O. The van der Waals surface area contributed by atoms with Crippen molar-refractivity contribution >= 4 is 21.8 Å². The molecule has 1 atom stereocenters. The van der Waals surface area contributed by atoms with Crippen molar-refractivity contribution in [2.75, 3.05) is 13.1 Å². The molecule has 1 aromatic carbocycles. The highest BCUT2D eigenvalue weighted by Gasteiger charge is 2.25. The maximum Gasteiger partial charge on any atom is 0.273 e. The molecule has 1 aliphatic heterocycles. The van der Waals surface area contributed by atoms with Crippen LogP contribution in [-0.2, 0) is 6.54 Å². The Kier molecular flexibility index (Phi) is 6.48. The third-order valence-corrected chi connectivity index (χ3v) is 5.80. The molecule has 1 saturated heterocycles. The Morgan fingerprint density at radius 2 is 2.12 bits per heavy atom. The molecule has 0 spiro atoms. The fourth-order valence-corrected chi connectivity index (χ4v) is 4.30. The van der Waals surface area contributed by atoms with E-state index in [2.05, 4.69) is 74.5 Å². The summed E-state index contributed by atoms with van der Waals surface area (Å²) in [5.41, 5.74) is 2.72. The summed E-state index contributed by atoms with van der Waals surface area (Å²) in [6.07, 6.45) is 3.56. The van der Waals surface area contributed by atoms with Gasteiger partial charge in [-0.3, -0.25) is 14.8 Å². The summed E-state index contributed by atoms with van der Waals surface area (Å²) in [5.74, 6) is 0.170. The van der Waals surface area contributed by atoms with Gasteiger partial charge in [0.25, 0.3) is 5.91 Å². The van der Waals surface area contributed by atoms with E-state index in [1.807, 2.05) is 6.07 Å². The van der Waals surface area contributed by atoms with Gasteiger partial charge in [0.05, 0.1) is 10.2 Å². The average molecular weight is 419 g/mol. The normalized spacial score (nSPS) is 18.2. The first-order valence-corrected chi connectivity index (χ1v) is 10.2. The average Bonchev–Trinajstić information content (AvgIpc) is 3.03. The molecule has 2 aromatic rings. The van der Waals surface area contributed by atoms with E-state index in [1.54, 1.807) is 0 Å². The second kappa shape index (κ2) is 8.82. The van der Waals surface area contributed by atoms with E-state index < -0.39 is 0 Å². The maximum atomic E-state index is 12.6. The Hall–Kier alpha value is -1.66. The minimum Gasteiger partial charge on any atom is -0.349 e. The first kappa shape index (κ1) is 19.1. The van der Waals surface area contributed by atoms with Crippen LogP contribution in [0, 0.1) is 0 Å². The van der Waals surface area contributed by atoms with Crippen LogP contribution >= 0.6 is 15.9 Å². The van der Waals surface area contributed by atoms with Crippen LogP contribution in [0.3, 0.4) is 0 Å². The number of benzene rings is 1. The topological polar surface area (TPSA) is 61.0 Å². The van der Waals surface area contributed by atoms with Crippen molar-refractivity contribution in [1.29, 1.82) is 0 Å². The number of nitrogens with zero attached hydrogens (tertiary/aromatic N) is 2. The zero-order chi connectivity index (χ0) is 18.5. The van der Waals surface area contributed by atoms with Crippen LogP contribution in [0.1, 0.15) is 60.8 Å². The van der Waals surface area contributed by atoms with Gasteiger partial charge >= 0.3 is 0 Å². The monoisotopic (exact) mass is 418 g/mol. The Labute approximate surface area is 163 Å². The minimum atomic E-state index is -0.120. The van der Waals surface area contributed by atoms with Crippen molar-refractivity contribution in [3.63, 3.8) is 0 Å². The largest absolute Gasteiger partial charge is 0.349 e. The molecule has 6 heteroatoms. The minimum absolute atomic E-state index is 0.120. The molecule has 26 heavy (non-hydrogen) atoms.